The third kappa shape index (κ3) is 6.88. The Bertz CT molecular complexity index is 1300. The van der Waals surface area contributed by atoms with Crippen LogP contribution in [0.5, 0.6) is 0 Å². The highest BCUT2D eigenvalue weighted by Crippen LogP contribution is 2.23. The molecule has 0 aliphatic heterocycles. The van der Waals surface area contributed by atoms with E-state index in [9.17, 15) is 26.8 Å². The number of hydrogen-bond donors (Lipinski definition) is 1. The lowest BCUT2D eigenvalue weighted by Gasteiger charge is -2.33. The summed E-state index contributed by atoms with van der Waals surface area (Å²) in [6, 6.07) is 18.6. The number of carbonyl (C=O) groups excluding carboxylic acids is 2. The van der Waals surface area contributed by atoms with Crippen molar-refractivity contribution >= 4 is 27.5 Å². The third-order valence-corrected chi connectivity index (χ3v) is 6.71. The monoisotopic (exact) mass is 515 g/mol. The summed E-state index contributed by atoms with van der Waals surface area (Å²) in [6.07, 6.45) is 1.02. The molecule has 0 aromatic heterocycles. The lowest BCUT2D eigenvalue weighted by atomic mass is 10.0. The molecule has 1 atom stereocenters. The average Bonchev–Trinajstić information content (AvgIpc) is 2.85. The molecule has 7 nitrogen and oxygen atoms in total. The van der Waals surface area contributed by atoms with E-state index in [0.29, 0.717) is 9.87 Å². The molecule has 0 aliphatic rings. The van der Waals surface area contributed by atoms with E-state index in [4.69, 9.17) is 0 Å². The van der Waals surface area contributed by atoms with Gasteiger partial charge in [0.05, 0.1) is 11.9 Å². The molecular weight excluding hydrogens is 488 g/mol. The molecule has 0 radical (unpaired) electrons. The number of likely N-dealkylation sites (N-methyl/N-ethyl adjacent to an activating group) is 1. The van der Waals surface area contributed by atoms with Crippen LogP contribution in [0, 0.1) is 11.6 Å². The Morgan fingerprint density at radius 1 is 0.889 bits per heavy atom. The fourth-order valence-corrected chi connectivity index (χ4v) is 4.61. The molecule has 0 aliphatic carbocycles. The minimum absolute atomic E-state index is 0.0983. The predicted molar refractivity (Wildman–Crippen MR) is 134 cm³/mol. The van der Waals surface area contributed by atoms with Crippen molar-refractivity contribution in [3.8, 4) is 0 Å². The van der Waals surface area contributed by atoms with Crippen LogP contribution < -0.4 is 9.62 Å². The van der Waals surface area contributed by atoms with Gasteiger partial charge in [-0.25, -0.2) is 17.2 Å². The van der Waals surface area contributed by atoms with E-state index in [2.05, 4.69) is 5.32 Å². The molecule has 10 heteroatoms. The van der Waals surface area contributed by atoms with E-state index in [1.54, 1.807) is 24.3 Å². The molecule has 2 amide bonds. The number of nitrogens with zero attached hydrogens (tertiary/aromatic N) is 2. The quantitative estimate of drug-likeness (QED) is 0.450. The Hall–Kier alpha value is -3.79. The van der Waals surface area contributed by atoms with Gasteiger partial charge in [0, 0.05) is 20.0 Å². The second-order valence-electron chi connectivity index (χ2n) is 8.19. The number of rotatable bonds is 10. The Balaban J connectivity index is 2.03. The van der Waals surface area contributed by atoms with Gasteiger partial charge in [-0.05, 0) is 35.4 Å². The first kappa shape index (κ1) is 26.8. The molecule has 0 saturated heterocycles. The van der Waals surface area contributed by atoms with Gasteiger partial charge in [0.2, 0.25) is 21.8 Å². The summed E-state index contributed by atoms with van der Waals surface area (Å²) in [4.78, 5) is 27.8. The topological polar surface area (TPSA) is 86.8 Å². The normalized spacial score (nSPS) is 12.0. The summed E-state index contributed by atoms with van der Waals surface area (Å²) in [5.41, 5.74) is 1.02. The summed E-state index contributed by atoms with van der Waals surface area (Å²) >= 11 is 0. The van der Waals surface area contributed by atoms with E-state index in [1.807, 2.05) is 6.07 Å². The van der Waals surface area contributed by atoms with Crippen LogP contribution in [-0.4, -0.2) is 51.0 Å². The average molecular weight is 516 g/mol. The Morgan fingerprint density at radius 2 is 1.50 bits per heavy atom. The van der Waals surface area contributed by atoms with Crippen molar-refractivity contribution in [1.82, 2.24) is 10.2 Å². The summed E-state index contributed by atoms with van der Waals surface area (Å²) in [6.45, 7) is -0.831. The molecular formula is C26H27F2N3O4S. The van der Waals surface area contributed by atoms with Gasteiger partial charge in [-0.2, -0.15) is 0 Å². The largest absolute Gasteiger partial charge is 0.357 e. The standard InChI is InChI=1S/C26H27F2N3O4S/c1-29-26(33)24(16-19-8-4-3-5-9-19)30(17-20-12-14-21(27)15-13-20)25(32)18-31(36(2,34)35)23-11-7-6-10-22(23)28/h3-15,24H,16-18H2,1-2H3,(H,29,33). The van der Waals surface area contributed by atoms with Crippen molar-refractivity contribution in [2.75, 3.05) is 24.2 Å². The zero-order valence-corrected chi connectivity index (χ0v) is 20.7. The maximum Gasteiger partial charge on any atom is 0.244 e. The molecule has 3 rings (SSSR count). The predicted octanol–water partition coefficient (Wildman–Crippen LogP) is 3.12. The van der Waals surface area contributed by atoms with Crippen LogP contribution in [0.2, 0.25) is 0 Å². The van der Waals surface area contributed by atoms with Crippen LogP contribution in [0.25, 0.3) is 0 Å². The van der Waals surface area contributed by atoms with Crippen LogP contribution in [0.3, 0.4) is 0 Å². The molecule has 0 fully saturated rings. The number of halogens is 2. The Kier molecular flexibility index (Phi) is 8.76. The fraction of sp³-hybridized carbons (Fsp3) is 0.231. The zero-order valence-electron chi connectivity index (χ0n) is 19.9. The Morgan fingerprint density at radius 3 is 2.08 bits per heavy atom. The number of carbonyl (C=O) groups is 2. The highest BCUT2D eigenvalue weighted by Gasteiger charge is 2.33. The second kappa shape index (κ2) is 11.8. The number of amides is 2. The number of nitrogens with one attached hydrogen (secondary N) is 1. The molecule has 1 N–H and O–H groups in total. The van der Waals surface area contributed by atoms with Crippen molar-refractivity contribution in [2.24, 2.45) is 0 Å². The number of hydrogen-bond acceptors (Lipinski definition) is 4. The SMILES string of the molecule is CNC(=O)C(Cc1ccccc1)N(Cc1ccc(F)cc1)C(=O)CN(c1ccccc1F)S(C)(=O)=O. The fourth-order valence-electron chi connectivity index (χ4n) is 3.76. The summed E-state index contributed by atoms with van der Waals surface area (Å²) in [7, 11) is -2.63. The number of sulfonamides is 1. The highest BCUT2D eigenvalue weighted by molar-refractivity contribution is 7.92. The first-order chi connectivity index (χ1) is 17.1. The molecule has 36 heavy (non-hydrogen) atoms. The van der Waals surface area contributed by atoms with E-state index in [0.717, 1.165) is 17.9 Å². The lowest BCUT2D eigenvalue weighted by molar-refractivity contribution is -0.139. The van der Waals surface area contributed by atoms with Crippen molar-refractivity contribution in [2.45, 2.75) is 19.0 Å². The Labute approximate surface area is 209 Å². The van der Waals surface area contributed by atoms with Gasteiger partial charge in [-0.3, -0.25) is 13.9 Å². The zero-order chi connectivity index (χ0) is 26.3. The number of benzene rings is 3. The second-order valence-corrected chi connectivity index (χ2v) is 10.1. The van der Waals surface area contributed by atoms with Crippen molar-refractivity contribution in [1.29, 1.82) is 0 Å². The molecule has 3 aromatic rings. The first-order valence-corrected chi connectivity index (χ1v) is 13.0. The van der Waals surface area contributed by atoms with Gasteiger partial charge in [-0.1, -0.05) is 54.6 Å². The van der Waals surface area contributed by atoms with Crippen LogP contribution in [-0.2, 0) is 32.6 Å². The smallest absolute Gasteiger partial charge is 0.244 e. The number of anilines is 1. The summed E-state index contributed by atoms with van der Waals surface area (Å²) in [5.74, 6) is -2.47. The maximum absolute atomic E-state index is 14.5. The minimum atomic E-state index is -4.06. The van der Waals surface area contributed by atoms with Crippen LogP contribution in [0.4, 0.5) is 14.5 Å². The van der Waals surface area contributed by atoms with Gasteiger partial charge >= 0.3 is 0 Å². The maximum atomic E-state index is 14.5. The van der Waals surface area contributed by atoms with Crippen LogP contribution >= 0.6 is 0 Å². The van der Waals surface area contributed by atoms with E-state index >= 15 is 0 Å². The van der Waals surface area contributed by atoms with Crippen molar-refractivity contribution < 1.29 is 26.8 Å². The molecule has 0 bridgehead atoms. The van der Waals surface area contributed by atoms with Gasteiger partial charge in [-0.15, -0.1) is 0 Å². The van der Waals surface area contributed by atoms with Gasteiger partial charge in [0.25, 0.3) is 0 Å². The lowest BCUT2D eigenvalue weighted by Crippen LogP contribution is -2.53. The molecule has 3 aromatic carbocycles. The van der Waals surface area contributed by atoms with Crippen molar-refractivity contribution in [3.05, 3.63) is 102 Å². The van der Waals surface area contributed by atoms with Gasteiger partial charge in [0.15, 0.2) is 0 Å². The third-order valence-electron chi connectivity index (χ3n) is 5.58. The molecule has 1 unspecified atom stereocenters. The molecule has 0 saturated carbocycles. The molecule has 190 valence electrons. The van der Waals surface area contributed by atoms with E-state index in [1.165, 1.54) is 54.4 Å². The first-order valence-electron chi connectivity index (χ1n) is 11.1. The van der Waals surface area contributed by atoms with Gasteiger partial charge < -0.3 is 10.2 Å². The van der Waals surface area contributed by atoms with Crippen molar-refractivity contribution in [3.63, 3.8) is 0 Å². The molecule has 0 heterocycles. The molecule has 0 spiro atoms. The van der Waals surface area contributed by atoms with E-state index < -0.39 is 46.1 Å². The highest BCUT2D eigenvalue weighted by atomic mass is 32.2. The van der Waals surface area contributed by atoms with Crippen LogP contribution in [0.1, 0.15) is 11.1 Å². The summed E-state index contributed by atoms with van der Waals surface area (Å²) < 4.78 is 53.8. The van der Waals surface area contributed by atoms with E-state index in [-0.39, 0.29) is 18.7 Å². The van der Waals surface area contributed by atoms with Gasteiger partial charge in [0.1, 0.15) is 24.2 Å². The number of para-hydroxylation sites is 1. The minimum Gasteiger partial charge on any atom is -0.357 e. The summed E-state index contributed by atoms with van der Waals surface area (Å²) in [5, 5.41) is 2.56. The van der Waals surface area contributed by atoms with Crippen LogP contribution in [0.15, 0.2) is 78.9 Å².